The smallest absolute Gasteiger partial charge is 0.253 e. The summed E-state index contributed by atoms with van der Waals surface area (Å²) in [5.41, 5.74) is 4.82. The number of aryl methyl sites for hydroxylation is 2. The van der Waals surface area contributed by atoms with E-state index in [0.29, 0.717) is 154 Å². The molecule has 1 fully saturated rings. The molecule has 0 bridgehead atoms. The van der Waals surface area contributed by atoms with Crippen LogP contribution in [0.5, 0.6) is 0 Å². The summed E-state index contributed by atoms with van der Waals surface area (Å²) in [5.74, 6) is 0.446. The molecule has 2 aromatic heterocycles. The maximum absolute atomic E-state index is 13.6. The lowest BCUT2D eigenvalue weighted by Gasteiger charge is -2.35. The van der Waals surface area contributed by atoms with Crippen molar-refractivity contribution in [3.63, 3.8) is 0 Å². The van der Waals surface area contributed by atoms with Gasteiger partial charge in [0.25, 0.3) is 11.5 Å². The Balaban J connectivity index is 1.01. The summed E-state index contributed by atoms with van der Waals surface area (Å²) in [6.45, 7) is 19.3. The predicted octanol–water partition coefficient (Wildman–Crippen LogP) is 3.15. The zero-order chi connectivity index (χ0) is 50.2. The number of H-pyrrole nitrogens is 1. The third kappa shape index (κ3) is 22.3. The van der Waals surface area contributed by atoms with E-state index in [2.05, 4.69) is 30.7 Å². The number of anilines is 2. The van der Waals surface area contributed by atoms with Crippen molar-refractivity contribution in [3.05, 3.63) is 74.8 Å². The fourth-order valence-electron chi connectivity index (χ4n) is 7.29. The SMILES string of the molecule is Cc1cc(C)c(CNC(=O)c2cc(-c3ccc(N4CCN(CCC(=O)NCCOCCOCCOCCOCCOCCOCCOCCOCCC=O)CC4)nc3)cc(NC(C)C)c2C=N)c(=O)[nH]1. The minimum Gasteiger partial charge on any atom is -0.382 e. The lowest BCUT2D eigenvalue weighted by atomic mass is 9.97. The average molecular weight is 981 g/mol. The van der Waals surface area contributed by atoms with E-state index >= 15 is 0 Å². The van der Waals surface area contributed by atoms with Crippen LogP contribution in [0.25, 0.3) is 11.1 Å². The molecule has 1 aromatic carbocycles. The number of pyridine rings is 2. The van der Waals surface area contributed by atoms with Gasteiger partial charge < -0.3 is 73.9 Å². The molecule has 4 rings (SSSR count). The first-order valence-electron chi connectivity index (χ1n) is 24.3. The molecule has 0 aliphatic carbocycles. The van der Waals surface area contributed by atoms with Crippen LogP contribution in [0.1, 0.15) is 59.4 Å². The van der Waals surface area contributed by atoms with Gasteiger partial charge in [0.2, 0.25) is 5.91 Å². The van der Waals surface area contributed by atoms with Gasteiger partial charge in [-0.15, -0.1) is 0 Å². The van der Waals surface area contributed by atoms with Crippen molar-refractivity contribution >= 4 is 35.8 Å². The van der Waals surface area contributed by atoms with Crippen LogP contribution in [0.2, 0.25) is 0 Å². The monoisotopic (exact) mass is 981 g/mol. The number of ether oxygens (including phenoxy) is 8. The van der Waals surface area contributed by atoms with E-state index in [-0.39, 0.29) is 30.0 Å². The number of hydrogen-bond donors (Lipinski definition) is 5. The fourth-order valence-corrected chi connectivity index (χ4v) is 7.29. The van der Waals surface area contributed by atoms with Gasteiger partial charge in [-0.3, -0.25) is 19.3 Å². The molecule has 388 valence electrons. The molecule has 2 amide bonds. The number of rotatable bonds is 38. The Kier molecular flexibility index (Phi) is 28.1. The second-order valence-corrected chi connectivity index (χ2v) is 16.7. The topological polar surface area (TPSA) is 237 Å². The number of aldehydes is 1. The molecule has 3 aromatic rings. The first kappa shape index (κ1) is 57.4. The van der Waals surface area contributed by atoms with Crippen molar-refractivity contribution < 1.29 is 52.3 Å². The molecular formula is C50H76N8O12. The second kappa shape index (κ2) is 34.2. The van der Waals surface area contributed by atoms with Crippen molar-refractivity contribution in [2.24, 2.45) is 0 Å². The number of carbonyl (C=O) groups excluding carboxylic acids is 3. The van der Waals surface area contributed by atoms with Gasteiger partial charge in [0, 0.05) is 105 Å². The van der Waals surface area contributed by atoms with E-state index < -0.39 is 0 Å². The number of carbonyl (C=O) groups is 3. The van der Waals surface area contributed by atoms with Gasteiger partial charge >= 0.3 is 0 Å². The van der Waals surface area contributed by atoms with E-state index in [9.17, 15) is 19.2 Å². The molecule has 0 radical (unpaired) electrons. The second-order valence-electron chi connectivity index (χ2n) is 16.7. The minimum atomic E-state index is -0.388. The molecule has 1 saturated heterocycles. The van der Waals surface area contributed by atoms with Gasteiger partial charge in [0.1, 0.15) is 12.1 Å². The van der Waals surface area contributed by atoms with Gasteiger partial charge in [-0.05, 0) is 69.2 Å². The average Bonchev–Trinajstić information content (AvgIpc) is 3.35. The Morgan fingerprint density at radius 3 is 1.80 bits per heavy atom. The maximum Gasteiger partial charge on any atom is 0.253 e. The highest BCUT2D eigenvalue weighted by Gasteiger charge is 2.21. The molecule has 20 heteroatoms. The summed E-state index contributed by atoms with van der Waals surface area (Å²) < 4.78 is 43.6. The van der Waals surface area contributed by atoms with Crippen LogP contribution in [0.3, 0.4) is 0 Å². The highest BCUT2D eigenvalue weighted by Crippen LogP contribution is 2.30. The van der Waals surface area contributed by atoms with Crippen LogP contribution in [-0.4, -0.2) is 190 Å². The third-order valence-electron chi connectivity index (χ3n) is 10.9. The number of piperazine rings is 1. The number of aromatic amines is 1. The largest absolute Gasteiger partial charge is 0.382 e. The third-order valence-corrected chi connectivity index (χ3v) is 10.9. The molecule has 0 spiro atoms. The summed E-state index contributed by atoms with van der Waals surface area (Å²) in [6, 6.07) is 9.59. The van der Waals surface area contributed by atoms with Crippen LogP contribution >= 0.6 is 0 Å². The summed E-state index contributed by atoms with van der Waals surface area (Å²) in [7, 11) is 0. The molecule has 0 saturated carbocycles. The zero-order valence-corrected chi connectivity index (χ0v) is 41.6. The quantitative estimate of drug-likeness (QED) is 0.0315. The summed E-state index contributed by atoms with van der Waals surface area (Å²) in [5, 5.41) is 17.4. The number of nitrogens with one attached hydrogen (secondary N) is 5. The number of benzene rings is 1. The van der Waals surface area contributed by atoms with E-state index in [1.54, 1.807) is 12.3 Å². The Morgan fingerprint density at radius 1 is 0.743 bits per heavy atom. The molecule has 1 aliphatic rings. The Morgan fingerprint density at radius 2 is 1.30 bits per heavy atom. The molecular weight excluding hydrogens is 905 g/mol. The molecule has 0 unspecified atom stereocenters. The Bertz CT molecular complexity index is 2050. The number of amides is 2. The Labute approximate surface area is 412 Å². The van der Waals surface area contributed by atoms with E-state index in [4.69, 9.17) is 48.3 Å². The number of nitrogens with zero attached hydrogens (tertiary/aromatic N) is 3. The highest BCUT2D eigenvalue weighted by atomic mass is 16.6. The molecule has 1 aliphatic heterocycles. The van der Waals surface area contributed by atoms with Crippen molar-refractivity contribution in [2.45, 2.75) is 53.1 Å². The lowest BCUT2D eigenvalue weighted by Crippen LogP contribution is -2.47. The van der Waals surface area contributed by atoms with E-state index in [1.165, 1.54) is 6.21 Å². The maximum atomic E-state index is 13.6. The first-order chi connectivity index (χ1) is 34.1. The van der Waals surface area contributed by atoms with Gasteiger partial charge in [-0.2, -0.15) is 0 Å². The number of aromatic nitrogens is 2. The Hall–Kier alpha value is -5.16. The van der Waals surface area contributed by atoms with Crippen LogP contribution in [0.15, 0.2) is 41.3 Å². The highest BCUT2D eigenvalue weighted by molar-refractivity contribution is 6.06. The van der Waals surface area contributed by atoms with Crippen molar-refractivity contribution in [1.82, 2.24) is 25.5 Å². The molecule has 70 heavy (non-hydrogen) atoms. The summed E-state index contributed by atoms with van der Waals surface area (Å²) >= 11 is 0. The zero-order valence-electron chi connectivity index (χ0n) is 41.6. The predicted molar refractivity (Wildman–Crippen MR) is 268 cm³/mol. The van der Waals surface area contributed by atoms with Crippen LogP contribution in [-0.2, 0) is 54.0 Å². The van der Waals surface area contributed by atoms with Gasteiger partial charge in [-0.25, -0.2) is 4.98 Å². The van der Waals surface area contributed by atoms with Gasteiger partial charge in [0.15, 0.2) is 0 Å². The molecule has 0 atom stereocenters. The van der Waals surface area contributed by atoms with Crippen LogP contribution < -0.4 is 26.4 Å². The normalized spacial score (nSPS) is 12.9. The van der Waals surface area contributed by atoms with Gasteiger partial charge in [-0.1, -0.05) is 0 Å². The van der Waals surface area contributed by atoms with Crippen LogP contribution in [0, 0.1) is 19.3 Å². The van der Waals surface area contributed by atoms with Gasteiger partial charge in [0.05, 0.1) is 111 Å². The van der Waals surface area contributed by atoms with Crippen molar-refractivity contribution in [2.75, 3.05) is 155 Å². The summed E-state index contributed by atoms with van der Waals surface area (Å²) in [6.07, 6.45) is 4.61. The van der Waals surface area contributed by atoms with E-state index in [0.717, 1.165) is 60.7 Å². The molecule has 3 heterocycles. The van der Waals surface area contributed by atoms with Crippen LogP contribution in [0.4, 0.5) is 11.5 Å². The van der Waals surface area contributed by atoms with Crippen molar-refractivity contribution in [3.8, 4) is 11.1 Å². The van der Waals surface area contributed by atoms with Crippen molar-refractivity contribution in [1.29, 1.82) is 5.41 Å². The molecule has 5 N–H and O–H groups in total. The standard InChI is InChI=1S/C50H76N8O12/c1-38(2)55-46-34-42(33-43(44(46)35-51)49(61)54-37-45-39(3)32-40(4)56-50(45)62)41-6-7-47(53-36-41)58-13-11-57(12-14-58)10-8-48(60)52-9-17-64-19-21-66-23-25-68-27-29-70-31-30-69-28-26-67-24-22-65-20-18-63-16-5-15-59/h6-7,15,32-36,38,51,55H,5,8-14,16-31,37H2,1-4H3,(H,52,60)(H,54,61)(H,56,62). The fraction of sp³-hybridized carbons (Fsp3) is 0.600. The number of hydrogen-bond acceptors (Lipinski definition) is 17. The molecule has 20 nitrogen and oxygen atoms in total. The summed E-state index contributed by atoms with van der Waals surface area (Å²) in [4.78, 5) is 61.1. The van der Waals surface area contributed by atoms with E-state index in [1.807, 2.05) is 52.0 Å². The first-order valence-corrected chi connectivity index (χ1v) is 24.3. The lowest BCUT2D eigenvalue weighted by molar-refractivity contribution is -0.121. The minimum absolute atomic E-state index is 0.0129.